The third-order valence-corrected chi connectivity index (χ3v) is 3.72. The molecule has 1 fully saturated rings. The van der Waals surface area contributed by atoms with Crippen molar-refractivity contribution in [2.45, 2.75) is 18.4 Å². The van der Waals surface area contributed by atoms with E-state index in [9.17, 15) is 26.3 Å². The van der Waals surface area contributed by atoms with Crippen LogP contribution < -0.4 is 5.32 Å². The van der Waals surface area contributed by atoms with Crippen molar-refractivity contribution in [3.05, 3.63) is 35.4 Å². The molecule has 0 saturated carbocycles. The van der Waals surface area contributed by atoms with E-state index in [1.54, 1.807) is 0 Å². The molecular formula is C14H16F6N2. The number of benzene rings is 1. The van der Waals surface area contributed by atoms with Crippen LogP contribution in [0.5, 0.6) is 0 Å². The van der Waals surface area contributed by atoms with Crippen LogP contribution in [0, 0.1) is 5.92 Å². The maximum absolute atomic E-state index is 13.3. The van der Waals surface area contributed by atoms with Gasteiger partial charge >= 0.3 is 12.4 Å². The number of alkyl halides is 6. The van der Waals surface area contributed by atoms with Crippen LogP contribution in [0.2, 0.25) is 0 Å². The van der Waals surface area contributed by atoms with Gasteiger partial charge in [-0.15, -0.1) is 0 Å². The molecule has 0 spiro atoms. The zero-order chi connectivity index (χ0) is 16.5. The van der Waals surface area contributed by atoms with Gasteiger partial charge in [-0.2, -0.15) is 26.3 Å². The Bertz CT molecular complexity index is 490. The molecule has 1 aromatic carbocycles. The van der Waals surface area contributed by atoms with Crippen LogP contribution >= 0.6 is 0 Å². The Balaban J connectivity index is 2.21. The molecule has 0 aliphatic carbocycles. The molecule has 0 aromatic heterocycles. The molecule has 0 bridgehead atoms. The van der Waals surface area contributed by atoms with Crippen LogP contribution in [0.3, 0.4) is 0 Å². The zero-order valence-corrected chi connectivity index (χ0v) is 11.8. The molecule has 1 N–H and O–H groups in total. The second kappa shape index (κ2) is 6.08. The third-order valence-electron chi connectivity index (χ3n) is 3.72. The second-order valence-electron chi connectivity index (χ2n) is 5.53. The summed E-state index contributed by atoms with van der Waals surface area (Å²) >= 11 is 0. The molecule has 0 radical (unpaired) electrons. The van der Waals surface area contributed by atoms with Crippen molar-refractivity contribution in [1.29, 1.82) is 0 Å². The summed E-state index contributed by atoms with van der Waals surface area (Å²) in [7, 11) is 1.34. The topological polar surface area (TPSA) is 15.3 Å². The number of nitrogens with zero attached hydrogens (tertiary/aromatic N) is 1. The molecule has 1 heterocycles. The smallest absolute Gasteiger partial charge is 0.316 e. The Kier molecular flexibility index (Phi) is 4.72. The van der Waals surface area contributed by atoms with Gasteiger partial charge in [0.2, 0.25) is 0 Å². The van der Waals surface area contributed by atoms with E-state index >= 15 is 0 Å². The van der Waals surface area contributed by atoms with Crippen molar-refractivity contribution in [2.75, 3.05) is 26.7 Å². The SMILES string of the molecule is CN(CC1CNC1)C(c1ccc(C(F)(F)F)cc1)C(F)(F)F. The predicted octanol–water partition coefficient (Wildman–Crippen LogP) is 3.46. The average molecular weight is 326 g/mol. The van der Waals surface area contributed by atoms with Gasteiger partial charge in [0.15, 0.2) is 0 Å². The average Bonchev–Trinajstić information content (AvgIpc) is 2.32. The van der Waals surface area contributed by atoms with E-state index in [1.807, 2.05) is 0 Å². The summed E-state index contributed by atoms with van der Waals surface area (Å²) in [5.74, 6) is 0.129. The van der Waals surface area contributed by atoms with E-state index in [1.165, 1.54) is 7.05 Å². The van der Waals surface area contributed by atoms with E-state index < -0.39 is 24.0 Å². The normalized spacial score (nSPS) is 18.4. The van der Waals surface area contributed by atoms with Crippen LogP contribution in [0.1, 0.15) is 17.2 Å². The highest BCUT2D eigenvalue weighted by Crippen LogP contribution is 2.38. The largest absolute Gasteiger partial charge is 0.416 e. The van der Waals surface area contributed by atoms with Gasteiger partial charge in [0.25, 0.3) is 0 Å². The van der Waals surface area contributed by atoms with Gasteiger partial charge in [-0.25, -0.2) is 0 Å². The second-order valence-corrected chi connectivity index (χ2v) is 5.53. The number of hydrogen-bond acceptors (Lipinski definition) is 2. The maximum atomic E-state index is 13.3. The molecule has 2 nitrogen and oxygen atoms in total. The Morgan fingerprint density at radius 3 is 2.00 bits per heavy atom. The number of halogens is 6. The van der Waals surface area contributed by atoms with Gasteiger partial charge in [-0.05, 0) is 30.7 Å². The fourth-order valence-corrected chi connectivity index (χ4v) is 2.54. The van der Waals surface area contributed by atoms with E-state index in [0.717, 1.165) is 17.0 Å². The van der Waals surface area contributed by atoms with Gasteiger partial charge in [0.1, 0.15) is 6.04 Å². The molecule has 1 unspecified atom stereocenters. The molecule has 1 aromatic rings. The summed E-state index contributed by atoms with van der Waals surface area (Å²) in [5, 5.41) is 2.98. The van der Waals surface area contributed by atoms with Crippen molar-refractivity contribution >= 4 is 0 Å². The van der Waals surface area contributed by atoms with Gasteiger partial charge in [-0.3, -0.25) is 4.90 Å². The summed E-state index contributed by atoms with van der Waals surface area (Å²) in [6.45, 7) is 1.54. The summed E-state index contributed by atoms with van der Waals surface area (Å²) in [6.07, 6.45) is -9.11. The molecule has 0 amide bonds. The lowest BCUT2D eigenvalue weighted by atomic mass is 9.99. The highest BCUT2D eigenvalue weighted by molar-refractivity contribution is 5.27. The fraction of sp³-hybridized carbons (Fsp3) is 0.571. The summed E-state index contributed by atoms with van der Waals surface area (Å²) in [5.41, 5.74) is -1.14. The molecule has 1 aliphatic heterocycles. The minimum atomic E-state index is -4.56. The Morgan fingerprint density at radius 2 is 1.64 bits per heavy atom. The Hall–Kier alpha value is -1.28. The van der Waals surface area contributed by atoms with Crippen LogP contribution in [0.15, 0.2) is 24.3 Å². The molecule has 8 heteroatoms. The lowest BCUT2D eigenvalue weighted by Gasteiger charge is -2.36. The van der Waals surface area contributed by atoms with Gasteiger partial charge in [0.05, 0.1) is 5.56 Å². The van der Waals surface area contributed by atoms with Crippen molar-refractivity contribution in [3.8, 4) is 0 Å². The highest BCUT2D eigenvalue weighted by atomic mass is 19.4. The van der Waals surface area contributed by atoms with Crippen molar-refractivity contribution in [2.24, 2.45) is 5.92 Å². The number of hydrogen-bond donors (Lipinski definition) is 1. The molecule has 1 aliphatic rings. The monoisotopic (exact) mass is 326 g/mol. The molecule has 22 heavy (non-hydrogen) atoms. The summed E-state index contributed by atoms with van der Waals surface area (Å²) < 4.78 is 77.3. The number of nitrogens with one attached hydrogen (secondary N) is 1. The standard InChI is InChI=1S/C14H16F6N2/c1-22(8-9-6-21-7-9)12(14(18,19)20)10-2-4-11(5-3-10)13(15,16)17/h2-5,9,12,21H,6-8H2,1H3. The lowest BCUT2D eigenvalue weighted by Crippen LogP contribution is -2.49. The van der Waals surface area contributed by atoms with E-state index in [0.29, 0.717) is 25.2 Å². The third kappa shape index (κ3) is 3.92. The van der Waals surface area contributed by atoms with Crippen LogP contribution in [0.25, 0.3) is 0 Å². The van der Waals surface area contributed by atoms with Crippen LogP contribution in [-0.2, 0) is 6.18 Å². The van der Waals surface area contributed by atoms with E-state index in [2.05, 4.69) is 5.32 Å². The van der Waals surface area contributed by atoms with Crippen molar-refractivity contribution < 1.29 is 26.3 Å². The molecule has 124 valence electrons. The van der Waals surface area contributed by atoms with Gasteiger partial charge < -0.3 is 5.32 Å². The van der Waals surface area contributed by atoms with Crippen molar-refractivity contribution in [3.63, 3.8) is 0 Å². The molecule has 2 rings (SSSR count). The van der Waals surface area contributed by atoms with Gasteiger partial charge in [0, 0.05) is 19.6 Å². The lowest BCUT2D eigenvalue weighted by molar-refractivity contribution is -0.184. The zero-order valence-electron chi connectivity index (χ0n) is 11.8. The van der Waals surface area contributed by atoms with Crippen LogP contribution in [0.4, 0.5) is 26.3 Å². The first kappa shape index (κ1) is 17.1. The van der Waals surface area contributed by atoms with Gasteiger partial charge in [-0.1, -0.05) is 12.1 Å². The first-order valence-electron chi connectivity index (χ1n) is 6.74. The maximum Gasteiger partial charge on any atom is 0.416 e. The minimum Gasteiger partial charge on any atom is -0.316 e. The summed E-state index contributed by atoms with van der Waals surface area (Å²) in [6, 6.07) is 1.27. The first-order chi connectivity index (χ1) is 10.1. The molecular weight excluding hydrogens is 310 g/mol. The minimum absolute atomic E-state index is 0.129. The van der Waals surface area contributed by atoms with E-state index in [4.69, 9.17) is 0 Å². The Morgan fingerprint density at radius 1 is 1.09 bits per heavy atom. The fourth-order valence-electron chi connectivity index (χ4n) is 2.54. The van der Waals surface area contributed by atoms with Crippen LogP contribution in [-0.4, -0.2) is 37.8 Å². The van der Waals surface area contributed by atoms with E-state index in [-0.39, 0.29) is 18.0 Å². The predicted molar refractivity (Wildman–Crippen MR) is 69.2 cm³/mol. The molecule has 1 saturated heterocycles. The molecule has 1 atom stereocenters. The Labute approximate surface area is 124 Å². The highest BCUT2D eigenvalue weighted by Gasteiger charge is 2.44. The first-order valence-corrected chi connectivity index (χ1v) is 6.74. The van der Waals surface area contributed by atoms with Crippen molar-refractivity contribution in [1.82, 2.24) is 10.2 Å². The quantitative estimate of drug-likeness (QED) is 0.853. The summed E-state index contributed by atoms with van der Waals surface area (Å²) in [4.78, 5) is 1.15. The number of rotatable bonds is 4.